The molecule has 1 N–H and O–H groups in total. The van der Waals surface area contributed by atoms with Crippen molar-refractivity contribution in [3.05, 3.63) is 22.5 Å². The van der Waals surface area contributed by atoms with Gasteiger partial charge in [0.25, 0.3) is 0 Å². The lowest BCUT2D eigenvalue weighted by molar-refractivity contribution is 0.0594. The number of fused-ring (bicyclic) bond motifs is 1. The quantitative estimate of drug-likeness (QED) is 0.730. The predicted molar refractivity (Wildman–Crippen MR) is 56.7 cm³/mol. The number of rotatable bonds is 1. The number of methoxy groups -OCH3 is 1. The van der Waals surface area contributed by atoms with E-state index >= 15 is 0 Å². The minimum Gasteiger partial charge on any atom is -0.464 e. The predicted octanol–water partition coefficient (Wildman–Crippen LogP) is 1.46. The van der Waals surface area contributed by atoms with E-state index in [9.17, 15) is 4.79 Å². The highest BCUT2D eigenvalue weighted by molar-refractivity contribution is 7.98. The molecule has 78 valence electrons. The topological polar surface area (TPSA) is 65.9 Å². The number of hydrogen-bond acceptors (Lipinski definition) is 4. The van der Waals surface area contributed by atoms with Gasteiger partial charge in [-0.05, 0) is 12.2 Å². The zero-order valence-electron chi connectivity index (χ0n) is 8.29. The Hall–Kier alpha value is -1.41. The highest BCUT2D eigenvalue weighted by atomic mass is 32.2. The molecule has 15 heavy (non-hydrogen) atoms. The molecule has 0 aliphatic carbocycles. The van der Waals surface area contributed by atoms with Gasteiger partial charge >= 0.3 is 5.97 Å². The number of aromatic nitrogens is 1. The first-order valence-corrected chi connectivity index (χ1v) is 5.73. The molecule has 0 amide bonds. The van der Waals surface area contributed by atoms with Crippen LogP contribution in [-0.2, 0) is 16.9 Å². The van der Waals surface area contributed by atoms with Crippen molar-refractivity contribution >= 4 is 17.7 Å². The molecule has 2 rings (SSSR count). The summed E-state index contributed by atoms with van der Waals surface area (Å²) in [6.45, 7) is 0. The third-order valence-corrected chi connectivity index (χ3v) is 3.42. The summed E-state index contributed by atoms with van der Waals surface area (Å²) in [5, 5.41) is 9.02. The fourth-order valence-corrected chi connectivity index (χ4v) is 2.71. The maximum atomic E-state index is 11.4. The largest absolute Gasteiger partial charge is 0.464 e. The number of aromatic amines is 1. The van der Waals surface area contributed by atoms with Crippen LogP contribution in [0.5, 0.6) is 0 Å². The van der Waals surface area contributed by atoms with Crippen molar-refractivity contribution in [3.8, 4) is 6.07 Å². The van der Waals surface area contributed by atoms with Crippen LogP contribution in [0.3, 0.4) is 0 Å². The molecule has 1 aliphatic rings. The Bertz CT molecular complexity index is 445. The van der Waals surface area contributed by atoms with Crippen LogP contribution in [-0.4, -0.2) is 23.8 Å². The Morgan fingerprint density at radius 2 is 2.47 bits per heavy atom. The maximum Gasteiger partial charge on any atom is 0.355 e. The van der Waals surface area contributed by atoms with Crippen LogP contribution in [0.2, 0.25) is 0 Å². The van der Waals surface area contributed by atoms with E-state index in [2.05, 4.69) is 15.8 Å². The average molecular weight is 222 g/mol. The first-order chi connectivity index (χ1) is 7.27. The monoisotopic (exact) mass is 222 g/mol. The van der Waals surface area contributed by atoms with E-state index < -0.39 is 5.97 Å². The highest BCUT2D eigenvalue weighted by Gasteiger charge is 2.24. The number of thioether (sulfide) groups is 1. The van der Waals surface area contributed by atoms with Crippen LogP contribution in [0.15, 0.2) is 0 Å². The molecule has 2 heterocycles. The number of nitriles is 1. The molecule has 0 radical (unpaired) electrons. The number of carbonyl (C=O) groups is 1. The minimum atomic E-state index is -0.467. The van der Waals surface area contributed by atoms with Gasteiger partial charge in [0.1, 0.15) is 11.8 Å². The SMILES string of the molecule is COC(=O)c1[nH]c2c(c1C#N)CSCC2. The molecule has 0 bridgehead atoms. The Morgan fingerprint density at radius 1 is 1.67 bits per heavy atom. The van der Waals surface area contributed by atoms with Gasteiger partial charge in [0.2, 0.25) is 0 Å². The van der Waals surface area contributed by atoms with Crippen LogP contribution >= 0.6 is 11.8 Å². The van der Waals surface area contributed by atoms with Crippen LogP contribution < -0.4 is 0 Å². The number of carbonyl (C=O) groups excluding carboxylic acids is 1. The van der Waals surface area contributed by atoms with Gasteiger partial charge in [-0.15, -0.1) is 0 Å². The van der Waals surface area contributed by atoms with E-state index in [-0.39, 0.29) is 0 Å². The molecular formula is C10H10N2O2S. The second-order valence-corrected chi connectivity index (χ2v) is 4.34. The molecule has 0 aromatic carbocycles. The molecule has 1 aliphatic heterocycles. The van der Waals surface area contributed by atoms with Gasteiger partial charge in [0.15, 0.2) is 0 Å². The molecule has 5 heteroatoms. The summed E-state index contributed by atoms with van der Waals surface area (Å²) in [6, 6.07) is 2.07. The smallest absolute Gasteiger partial charge is 0.355 e. The van der Waals surface area contributed by atoms with Gasteiger partial charge in [-0.1, -0.05) is 0 Å². The van der Waals surface area contributed by atoms with E-state index in [0.717, 1.165) is 29.2 Å². The first kappa shape index (κ1) is 10.1. The normalized spacial score (nSPS) is 14.1. The number of nitrogens with one attached hydrogen (secondary N) is 1. The summed E-state index contributed by atoms with van der Waals surface area (Å²) in [6.07, 6.45) is 0.881. The fourth-order valence-electron chi connectivity index (χ4n) is 1.69. The summed E-state index contributed by atoms with van der Waals surface area (Å²) in [4.78, 5) is 14.4. The van der Waals surface area contributed by atoms with Gasteiger partial charge < -0.3 is 9.72 Å². The van der Waals surface area contributed by atoms with Gasteiger partial charge in [0.05, 0.1) is 12.7 Å². The molecule has 0 unspecified atom stereocenters. The van der Waals surface area contributed by atoms with Crippen molar-refractivity contribution in [2.75, 3.05) is 12.9 Å². The number of nitrogens with zero attached hydrogens (tertiary/aromatic N) is 1. The van der Waals surface area contributed by atoms with Gasteiger partial charge in [-0.3, -0.25) is 0 Å². The average Bonchev–Trinajstić information content (AvgIpc) is 2.66. The summed E-state index contributed by atoms with van der Waals surface area (Å²) in [5.74, 6) is 1.36. The summed E-state index contributed by atoms with van der Waals surface area (Å²) >= 11 is 1.78. The number of ether oxygens (including phenoxy) is 1. The summed E-state index contributed by atoms with van der Waals surface area (Å²) in [7, 11) is 1.32. The molecule has 1 aromatic heterocycles. The van der Waals surface area contributed by atoms with Crippen LogP contribution in [0.25, 0.3) is 0 Å². The number of H-pyrrole nitrogens is 1. The van der Waals surface area contributed by atoms with Crippen molar-refractivity contribution < 1.29 is 9.53 Å². The second-order valence-electron chi connectivity index (χ2n) is 3.24. The molecule has 0 saturated heterocycles. The van der Waals surface area contributed by atoms with Gasteiger partial charge in [0, 0.05) is 17.0 Å². The zero-order valence-corrected chi connectivity index (χ0v) is 9.11. The lowest BCUT2D eigenvalue weighted by Gasteiger charge is -2.09. The lowest BCUT2D eigenvalue weighted by Crippen LogP contribution is -2.04. The van der Waals surface area contributed by atoms with Crippen LogP contribution in [0.1, 0.15) is 27.3 Å². The van der Waals surface area contributed by atoms with Gasteiger partial charge in [-0.25, -0.2) is 4.79 Å². The Balaban J connectivity index is 2.52. The molecule has 4 nitrogen and oxygen atoms in total. The molecule has 0 saturated carbocycles. The zero-order chi connectivity index (χ0) is 10.8. The first-order valence-electron chi connectivity index (χ1n) is 4.57. The number of hydrogen-bond donors (Lipinski definition) is 1. The van der Waals surface area contributed by atoms with Crippen LogP contribution in [0, 0.1) is 11.3 Å². The molecule has 0 spiro atoms. The Kier molecular flexibility index (Phi) is 2.69. The Morgan fingerprint density at radius 3 is 3.13 bits per heavy atom. The third kappa shape index (κ3) is 1.61. The van der Waals surface area contributed by atoms with Crippen molar-refractivity contribution in [1.82, 2.24) is 4.98 Å². The van der Waals surface area contributed by atoms with Crippen LogP contribution in [0.4, 0.5) is 0 Å². The van der Waals surface area contributed by atoms with Crippen molar-refractivity contribution in [2.24, 2.45) is 0 Å². The summed E-state index contributed by atoms with van der Waals surface area (Å²) in [5.41, 5.74) is 2.72. The second kappa shape index (κ2) is 3.99. The van der Waals surface area contributed by atoms with Crippen molar-refractivity contribution in [2.45, 2.75) is 12.2 Å². The molecule has 1 aromatic rings. The van der Waals surface area contributed by atoms with Crippen molar-refractivity contribution in [3.63, 3.8) is 0 Å². The maximum absolute atomic E-state index is 11.4. The number of aryl methyl sites for hydroxylation is 1. The Labute approximate surface area is 91.6 Å². The van der Waals surface area contributed by atoms with E-state index in [0.29, 0.717) is 11.3 Å². The lowest BCUT2D eigenvalue weighted by atomic mass is 10.1. The molecular weight excluding hydrogens is 212 g/mol. The van der Waals surface area contributed by atoms with E-state index in [1.165, 1.54) is 7.11 Å². The number of esters is 1. The molecule has 0 fully saturated rings. The minimum absolute atomic E-state index is 0.299. The van der Waals surface area contributed by atoms with E-state index in [1.807, 2.05) is 0 Å². The third-order valence-electron chi connectivity index (χ3n) is 2.44. The van der Waals surface area contributed by atoms with E-state index in [4.69, 9.17) is 5.26 Å². The highest BCUT2D eigenvalue weighted by Crippen LogP contribution is 2.29. The molecule has 0 atom stereocenters. The fraction of sp³-hybridized carbons (Fsp3) is 0.400. The van der Waals surface area contributed by atoms with E-state index in [1.54, 1.807) is 11.8 Å². The summed E-state index contributed by atoms with van der Waals surface area (Å²) < 4.78 is 4.63. The standard InChI is InChI=1S/C10H10N2O2S/c1-14-10(13)9-6(4-11)7-5-15-3-2-8(7)12-9/h12H,2-3,5H2,1H3. The van der Waals surface area contributed by atoms with Gasteiger partial charge in [-0.2, -0.15) is 17.0 Å². The van der Waals surface area contributed by atoms with Crippen molar-refractivity contribution in [1.29, 1.82) is 5.26 Å².